The molecule has 0 aromatic heterocycles. The zero-order chi connectivity index (χ0) is 17.0. The molecule has 1 aliphatic rings. The zero-order valence-electron chi connectivity index (χ0n) is 12.8. The van der Waals surface area contributed by atoms with Gasteiger partial charge in [0, 0.05) is 5.02 Å². The first-order chi connectivity index (χ1) is 10.9. The summed E-state index contributed by atoms with van der Waals surface area (Å²) in [4.78, 5) is 25.8. The fraction of sp³-hybridized carbons (Fsp3) is 0.467. The van der Waals surface area contributed by atoms with Crippen molar-refractivity contribution in [3.8, 4) is 0 Å². The smallest absolute Gasteiger partial charge is 0.230 e. The van der Waals surface area contributed by atoms with Gasteiger partial charge in [0.05, 0.1) is 30.1 Å². The molecule has 1 atom stereocenters. The van der Waals surface area contributed by atoms with Crippen LogP contribution in [0.25, 0.3) is 0 Å². The summed E-state index contributed by atoms with van der Waals surface area (Å²) in [5.74, 6) is -1.62. The average Bonchev–Trinajstić information content (AvgIpc) is 2.49. The van der Waals surface area contributed by atoms with E-state index in [1.165, 1.54) is 11.0 Å². The van der Waals surface area contributed by atoms with Crippen molar-refractivity contribution in [3.63, 3.8) is 0 Å². The molecule has 1 aliphatic heterocycles. The molecule has 0 aliphatic carbocycles. The number of carboxylic acid groups (broad SMARTS) is 1. The van der Waals surface area contributed by atoms with Crippen molar-refractivity contribution in [2.45, 2.75) is 12.5 Å². The van der Waals surface area contributed by atoms with Crippen LogP contribution in [-0.2, 0) is 9.59 Å². The van der Waals surface area contributed by atoms with Gasteiger partial charge in [-0.05, 0) is 18.2 Å². The number of carbonyl (C=O) groups excluding carboxylic acids is 2. The van der Waals surface area contributed by atoms with E-state index >= 15 is 0 Å². The number of amides is 1. The highest BCUT2D eigenvalue weighted by atomic mass is 35.5. The summed E-state index contributed by atoms with van der Waals surface area (Å²) < 4.78 is 0. The van der Waals surface area contributed by atoms with Crippen LogP contribution in [0.5, 0.6) is 0 Å². The monoisotopic (exact) mass is 360 g/mol. The molecule has 2 rings (SSSR count). The number of halogens is 2. The van der Waals surface area contributed by atoms with Crippen LogP contribution in [-0.4, -0.2) is 51.1 Å². The predicted octanol–water partition coefficient (Wildman–Crippen LogP) is -2.15. The third-order valence-electron chi connectivity index (χ3n) is 4.12. The van der Waals surface area contributed by atoms with Crippen LogP contribution < -0.4 is 20.2 Å². The van der Waals surface area contributed by atoms with Crippen molar-refractivity contribution in [2.24, 2.45) is 0 Å². The van der Waals surface area contributed by atoms with Gasteiger partial charge in [-0.2, -0.15) is 0 Å². The molecule has 8 heteroatoms. The molecule has 6 nitrogen and oxygen atoms in total. The molecule has 1 fully saturated rings. The molecule has 23 heavy (non-hydrogen) atoms. The maximum absolute atomic E-state index is 12.2. The van der Waals surface area contributed by atoms with Crippen LogP contribution in [0.4, 0.5) is 5.69 Å². The van der Waals surface area contributed by atoms with Crippen molar-refractivity contribution in [1.82, 2.24) is 0 Å². The number of anilines is 1. The first kappa shape index (κ1) is 18.0. The Morgan fingerprint density at radius 2 is 1.91 bits per heavy atom. The van der Waals surface area contributed by atoms with Gasteiger partial charge in [0.2, 0.25) is 5.91 Å². The van der Waals surface area contributed by atoms with Gasteiger partial charge in [-0.3, -0.25) is 4.79 Å². The highest BCUT2D eigenvalue weighted by Crippen LogP contribution is 2.25. The van der Waals surface area contributed by atoms with E-state index in [1.807, 2.05) is 0 Å². The summed E-state index contributed by atoms with van der Waals surface area (Å²) in [6.07, 6.45) is -0.153. The van der Waals surface area contributed by atoms with Gasteiger partial charge in [0.1, 0.15) is 32.2 Å². The Hall–Kier alpha value is -1.34. The van der Waals surface area contributed by atoms with Crippen molar-refractivity contribution < 1.29 is 24.5 Å². The van der Waals surface area contributed by atoms with Gasteiger partial charge >= 0.3 is 0 Å². The van der Waals surface area contributed by atoms with E-state index in [1.54, 1.807) is 12.1 Å². The molecule has 1 aromatic rings. The molecule has 0 unspecified atom stereocenters. The molecule has 1 amide bonds. The summed E-state index contributed by atoms with van der Waals surface area (Å²) in [7, 11) is 2.07. The lowest BCUT2D eigenvalue weighted by Crippen LogP contribution is -3.29. The van der Waals surface area contributed by atoms with Gasteiger partial charge in [-0.25, -0.2) is 0 Å². The molecule has 1 aromatic carbocycles. The van der Waals surface area contributed by atoms with Crippen molar-refractivity contribution in [3.05, 3.63) is 28.2 Å². The predicted molar refractivity (Wildman–Crippen MR) is 85.8 cm³/mol. The molecular formula is C15H20Cl2N3O3+. The van der Waals surface area contributed by atoms with Crippen LogP contribution >= 0.6 is 23.2 Å². The molecule has 0 spiro atoms. The van der Waals surface area contributed by atoms with E-state index in [0.717, 1.165) is 18.0 Å². The maximum atomic E-state index is 12.2. The number of carboxylic acids is 1. The lowest BCUT2D eigenvalue weighted by molar-refractivity contribution is -1.01. The molecule has 0 bridgehead atoms. The average molecular weight is 361 g/mol. The number of hydrogen-bond acceptors (Lipinski definition) is 3. The number of carbonyl (C=O) groups is 2. The Kier molecular flexibility index (Phi) is 6.24. The van der Waals surface area contributed by atoms with Crippen LogP contribution in [0.3, 0.4) is 0 Å². The van der Waals surface area contributed by atoms with Gasteiger partial charge < -0.3 is 25.0 Å². The number of hydrogen-bond donors (Lipinski definition) is 3. The molecule has 3 N–H and O–H groups in total. The van der Waals surface area contributed by atoms with E-state index in [-0.39, 0.29) is 6.42 Å². The Morgan fingerprint density at radius 3 is 2.52 bits per heavy atom. The Balaban J connectivity index is 2.00. The van der Waals surface area contributed by atoms with Crippen molar-refractivity contribution >= 4 is 40.8 Å². The van der Waals surface area contributed by atoms with Gasteiger partial charge in [0.15, 0.2) is 0 Å². The van der Waals surface area contributed by atoms with Crippen molar-refractivity contribution in [1.29, 1.82) is 0 Å². The fourth-order valence-electron chi connectivity index (χ4n) is 2.72. The SMILES string of the molecule is C[NH+]1CC[NH+]([C@@H](CC(=O)Nc2cc(Cl)ccc2Cl)C(=O)[O-])CC1. The maximum Gasteiger partial charge on any atom is 0.230 e. The number of quaternary nitrogens is 2. The zero-order valence-corrected chi connectivity index (χ0v) is 14.3. The largest absolute Gasteiger partial charge is 0.544 e. The minimum Gasteiger partial charge on any atom is -0.544 e. The number of piperazine rings is 1. The van der Waals surface area contributed by atoms with Crippen LogP contribution in [0.2, 0.25) is 10.0 Å². The van der Waals surface area contributed by atoms with Crippen LogP contribution in [0, 0.1) is 0 Å². The van der Waals surface area contributed by atoms with Crippen LogP contribution in [0.1, 0.15) is 6.42 Å². The summed E-state index contributed by atoms with van der Waals surface area (Å²) in [6.45, 7) is 3.16. The number of likely N-dealkylation sites (N-methyl/N-ethyl adjacent to an activating group) is 1. The molecule has 126 valence electrons. The van der Waals surface area contributed by atoms with Crippen LogP contribution in [0.15, 0.2) is 18.2 Å². The molecule has 0 saturated carbocycles. The lowest BCUT2D eigenvalue weighted by Gasteiger charge is -2.33. The molecular weight excluding hydrogens is 341 g/mol. The van der Waals surface area contributed by atoms with E-state index in [9.17, 15) is 14.7 Å². The number of benzene rings is 1. The summed E-state index contributed by atoms with van der Waals surface area (Å²) in [5.41, 5.74) is 0.374. The quantitative estimate of drug-likeness (QED) is 0.560. The normalized spacial score (nSPS) is 22.4. The Morgan fingerprint density at radius 1 is 1.26 bits per heavy atom. The highest BCUT2D eigenvalue weighted by molar-refractivity contribution is 6.35. The van der Waals surface area contributed by atoms with E-state index in [4.69, 9.17) is 23.2 Å². The summed E-state index contributed by atoms with van der Waals surface area (Å²) >= 11 is 11.9. The van der Waals surface area contributed by atoms with Gasteiger partial charge in [-0.1, -0.05) is 23.2 Å². The lowest BCUT2D eigenvalue weighted by atomic mass is 10.1. The number of aliphatic carboxylic acids is 1. The Labute approximate surface area is 145 Å². The first-order valence-corrected chi connectivity index (χ1v) is 8.24. The summed E-state index contributed by atoms with van der Waals surface area (Å²) in [6, 6.07) is 3.85. The third-order valence-corrected chi connectivity index (χ3v) is 4.68. The second-order valence-electron chi connectivity index (χ2n) is 5.86. The second kappa shape index (κ2) is 7.97. The standard InChI is InChI=1S/C15H19Cl2N3O3/c1-19-4-6-20(7-5-19)13(15(22)23)9-14(21)18-12-8-10(16)2-3-11(12)17/h2-3,8,13H,4-7,9H2,1H3,(H,18,21)(H,22,23)/p+1/t13-/m0/s1. The highest BCUT2D eigenvalue weighted by Gasteiger charge is 2.30. The van der Waals surface area contributed by atoms with Crippen molar-refractivity contribution in [2.75, 3.05) is 38.5 Å². The number of nitrogens with one attached hydrogen (secondary N) is 3. The van der Waals surface area contributed by atoms with Gasteiger partial charge in [0.25, 0.3) is 0 Å². The molecule has 1 heterocycles. The molecule has 0 radical (unpaired) electrons. The van der Waals surface area contributed by atoms with Gasteiger partial charge in [-0.15, -0.1) is 0 Å². The topological polar surface area (TPSA) is 78.1 Å². The Bertz CT molecular complexity index is 589. The van der Waals surface area contributed by atoms with E-state index < -0.39 is 17.9 Å². The van der Waals surface area contributed by atoms with E-state index in [0.29, 0.717) is 28.8 Å². The minimum atomic E-state index is -1.20. The second-order valence-corrected chi connectivity index (χ2v) is 6.71. The van der Waals surface area contributed by atoms with E-state index in [2.05, 4.69) is 12.4 Å². The molecule has 1 saturated heterocycles. The third kappa shape index (κ3) is 5.07. The first-order valence-electron chi connectivity index (χ1n) is 7.48. The fourth-order valence-corrected chi connectivity index (χ4v) is 3.06. The minimum absolute atomic E-state index is 0.153. The summed E-state index contributed by atoms with van der Waals surface area (Å²) in [5, 5.41) is 14.8. The number of rotatable bonds is 5.